The molecule has 5 heteroatoms. The normalized spacial score (nSPS) is 13.4. The van der Waals surface area contributed by atoms with Crippen LogP contribution < -0.4 is 11.1 Å². The van der Waals surface area contributed by atoms with Crippen LogP contribution in [0.2, 0.25) is 0 Å². The number of rotatable bonds is 5. The number of nitrogens with one attached hydrogen (secondary N) is 1. The number of aromatic nitrogens is 2. The van der Waals surface area contributed by atoms with Crippen LogP contribution in [0.1, 0.15) is 45.5 Å². The fraction of sp³-hybridized carbons (Fsp3) is 0.692. The molecule has 5 nitrogen and oxygen atoms in total. The van der Waals surface area contributed by atoms with Gasteiger partial charge in [-0.3, -0.25) is 0 Å². The van der Waals surface area contributed by atoms with Crippen LogP contribution >= 0.6 is 0 Å². The van der Waals surface area contributed by atoms with Crippen molar-refractivity contribution in [3.63, 3.8) is 0 Å². The van der Waals surface area contributed by atoms with Crippen LogP contribution in [0.5, 0.6) is 0 Å². The van der Waals surface area contributed by atoms with Crippen LogP contribution in [0.15, 0.2) is 0 Å². The van der Waals surface area contributed by atoms with E-state index < -0.39 is 11.6 Å². The molecule has 1 atom stereocenters. The van der Waals surface area contributed by atoms with Crippen molar-refractivity contribution in [3.05, 3.63) is 11.4 Å². The molecule has 0 saturated carbocycles. The number of nitrogens with zero attached hydrogens (tertiary/aromatic N) is 2. The van der Waals surface area contributed by atoms with Gasteiger partial charge in [0.2, 0.25) is 0 Å². The Morgan fingerprint density at radius 3 is 2.50 bits per heavy atom. The molecule has 0 aliphatic rings. The molecule has 0 bridgehead atoms. The van der Waals surface area contributed by atoms with Crippen LogP contribution in [0.25, 0.3) is 0 Å². The van der Waals surface area contributed by atoms with E-state index in [0.717, 1.165) is 24.2 Å². The lowest BCUT2D eigenvalue weighted by molar-refractivity contribution is 0.133. The number of nitrogen functional groups attached to an aromatic ring is 1. The van der Waals surface area contributed by atoms with Crippen LogP contribution in [0.4, 0.5) is 11.6 Å². The first-order chi connectivity index (χ1) is 8.27. The van der Waals surface area contributed by atoms with Gasteiger partial charge < -0.3 is 16.2 Å². The summed E-state index contributed by atoms with van der Waals surface area (Å²) in [5.41, 5.74) is 6.25. The molecular formula is C13H24N4O. The maximum atomic E-state index is 9.74. The zero-order chi connectivity index (χ0) is 13.9. The molecule has 102 valence electrons. The van der Waals surface area contributed by atoms with Crippen molar-refractivity contribution >= 4 is 11.6 Å². The minimum absolute atomic E-state index is 0.463. The SMILES string of the molecule is CCCc1nc(N)c(C)c(NC(C)(C)C(C)O)n1. The highest BCUT2D eigenvalue weighted by molar-refractivity contribution is 5.56. The molecular weight excluding hydrogens is 228 g/mol. The Morgan fingerprint density at radius 2 is 2.00 bits per heavy atom. The van der Waals surface area contributed by atoms with Crippen molar-refractivity contribution in [2.75, 3.05) is 11.1 Å². The molecule has 1 aromatic heterocycles. The summed E-state index contributed by atoms with van der Waals surface area (Å²) in [5.74, 6) is 1.94. The first kappa shape index (κ1) is 14.7. The molecule has 1 aromatic rings. The minimum Gasteiger partial charge on any atom is -0.391 e. The lowest BCUT2D eigenvalue weighted by Crippen LogP contribution is -2.42. The van der Waals surface area contributed by atoms with Gasteiger partial charge >= 0.3 is 0 Å². The predicted molar refractivity (Wildman–Crippen MR) is 74.6 cm³/mol. The molecule has 1 unspecified atom stereocenters. The highest BCUT2D eigenvalue weighted by Gasteiger charge is 2.25. The van der Waals surface area contributed by atoms with Crippen LogP contribution in [-0.2, 0) is 6.42 Å². The molecule has 0 spiro atoms. The molecule has 0 radical (unpaired) electrons. The Kier molecular flexibility index (Phi) is 4.51. The van der Waals surface area contributed by atoms with Gasteiger partial charge in [0.05, 0.1) is 11.6 Å². The van der Waals surface area contributed by atoms with E-state index in [9.17, 15) is 5.11 Å². The van der Waals surface area contributed by atoms with Crippen molar-refractivity contribution in [2.45, 2.75) is 59.1 Å². The summed E-state index contributed by atoms with van der Waals surface area (Å²) in [4.78, 5) is 8.74. The maximum absolute atomic E-state index is 9.74. The van der Waals surface area contributed by atoms with Gasteiger partial charge in [-0.05, 0) is 34.1 Å². The first-order valence-corrected chi connectivity index (χ1v) is 6.37. The second kappa shape index (κ2) is 5.52. The highest BCUT2D eigenvalue weighted by atomic mass is 16.3. The maximum Gasteiger partial charge on any atom is 0.135 e. The monoisotopic (exact) mass is 252 g/mol. The molecule has 0 amide bonds. The first-order valence-electron chi connectivity index (χ1n) is 6.37. The van der Waals surface area contributed by atoms with Crippen LogP contribution in [0, 0.1) is 6.92 Å². The number of anilines is 2. The van der Waals surface area contributed by atoms with Crippen LogP contribution in [0.3, 0.4) is 0 Å². The molecule has 0 saturated heterocycles. The Hall–Kier alpha value is -1.36. The molecule has 0 aromatic carbocycles. The smallest absolute Gasteiger partial charge is 0.135 e. The lowest BCUT2D eigenvalue weighted by atomic mass is 9.98. The number of aliphatic hydroxyl groups is 1. The lowest BCUT2D eigenvalue weighted by Gasteiger charge is -2.30. The van der Waals surface area contributed by atoms with E-state index in [1.807, 2.05) is 20.8 Å². The molecule has 0 aliphatic heterocycles. The van der Waals surface area contributed by atoms with Gasteiger partial charge in [0, 0.05) is 12.0 Å². The van der Waals surface area contributed by atoms with Gasteiger partial charge in [0.25, 0.3) is 0 Å². The topological polar surface area (TPSA) is 84.1 Å². The average Bonchev–Trinajstić information content (AvgIpc) is 2.25. The number of hydrogen-bond acceptors (Lipinski definition) is 5. The van der Waals surface area contributed by atoms with Crippen molar-refractivity contribution < 1.29 is 5.11 Å². The summed E-state index contributed by atoms with van der Waals surface area (Å²) in [6.45, 7) is 9.56. The quantitative estimate of drug-likeness (QED) is 0.745. The zero-order valence-corrected chi connectivity index (χ0v) is 11.9. The summed E-state index contributed by atoms with van der Waals surface area (Å²) >= 11 is 0. The Labute approximate surface area is 109 Å². The summed E-state index contributed by atoms with van der Waals surface area (Å²) in [5, 5.41) is 13.0. The molecule has 1 heterocycles. The Bertz CT molecular complexity index is 416. The van der Waals surface area contributed by atoms with E-state index in [-0.39, 0.29) is 0 Å². The van der Waals surface area contributed by atoms with E-state index in [1.54, 1.807) is 6.92 Å². The van der Waals surface area contributed by atoms with Gasteiger partial charge in [0.15, 0.2) is 0 Å². The Balaban J connectivity index is 3.08. The van der Waals surface area contributed by atoms with Gasteiger partial charge in [0.1, 0.15) is 17.5 Å². The fourth-order valence-corrected chi connectivity index (χ4v) is 1.45. The van der Waals surface area contributed by atoms with Crippen molar-refractivity contribution in [2.24, 2.45) is 0 Å². The third-order valence-corrected chi connectivity index (χ3v) is 3.19. The van der Waals surface area contributed by atoms with E-state index >= 15 is 0 Å². The molecule has 0 fully saturated rings. The van der Waals surface area contributed by atoms with E-state index in [1.165, 1.54) is 0 Å². The number of aliphatic hydroxyl groups excluding tert-OH is 1. The molecule has 1 rings (SSSR count). The van der Waals surface area contributed by atoms with Gasteiger partial charge in [-0.15, -0.1) is 0 Å². The second-order valence-corrected chi connectivity index (χ2v) is 5.27. The summed E-state index contributed by atoms with van der Waals surface area (Å²) in [7, 11) is 0. The number of nitrogens with two attached hydrogens (primary N) is 1. The summed E-state index contributed by atoms with van der Waals surface area (Å²) < 4.78 is 0. The molecule has 18 heavy (non-hydrogen) atoms. The number of hydrogen-bond donors (Lipinski definition) is 3. The minimum atomic E-state index is -0.497. The van der Waals surface area contributed by atoms with E-state index in [2.05, 4.69) is 22.2 Å². The summed E-state index contributed by atoms with van der Waals surface area (Å²) in [6, 6.07) is 0. The molecule has 4 N–H and O–H groups in total. The highest BCUT2D eigenvalue weighted by Crippen LogP contribution is 2.23. The standard InChI is InChI=1S/C13H24N4O/c1-6-7-10-15-11(14)8(2)12(16-10)17-13(4,5)9(3)18/h9,18H,6-7H2,1-5H3,(H3,14,15,16,17). The zero-order valence-electron chi connectivity index (χ0n) is 11.9. The average molecular weight is 252 g/mol. The van der Waals surface area contributed by atoms with Gasteiger partial charge in [-0.25, -0.2) is 9.97 Å². The van der Waals surface area contributed by atoms with Crippen molar-refractivity contribution in [3.8, 4) is 0 Å². The van der Waals surface area contributed by atoms with E-state index in [4.69, 9.17) is 5.73 Å². The third kappa shape index (κ3) is 3.32. The third-order valence-electron chi connectivity index (χ3n) is 3.19. The van der Waals surface area contributed by atoms with Gasteiger partial charge in [-0.2, -0.15) is 0 Å². The van der Waals surface area contributed by atoms with Gasteiger partial charge in [-0.1, -0.05) is 6.92 Å². The fourth-order valence-electron chi connectivity index (χ4n) is 1.45. The Morgan fingerprint density at radius 1 is 1.39 bits per heavy atom. The summed E-state index contributed by atoms with van der Waals surface area (Å²) in [6.07, 6.45) is 1.28. The van der Waals surface area contributed by atoms with Crippen molar-refractivity contribution in [1.29, 1.82) is 0 Å². The predicted octanol–water partition coefficient (Wildman–Crippen LogP) is 1.89. The second-order valence-electron chi connectivity index (χ2n) is 5.27. The van der Waals surface area contributed by atoms with Crippen molar-refractivity contribution in [1.82, 2.24) is 9.97 Å². The van der Waals surface area contributed by atoms with Crippen LogP contribution in [-0.4, -0.2) is 26.7 Å². The largest absolute Gasteiger partial charge is 0.391 e. The number of aryl methyl sites for hydroxylation is 1. The van der Waals surface area contributed by atoms with E-state index in [0.29, 0.717) is 11.6 Å². The molecule has 0 aliphatic carbocycles.